The van der Waals surface area contributed by atoms with Gasteiger partial charge in [0.1, 0.15) is 11.4 Å². The van der Waals surface area contributed by atoms with E-state index in [-0.39, 0.29) is 29.6 Å². The highest BCUT2D eigenvalue weighted by molar-refractivity contribution is 5.95. The topological polar surface area (TPSA) is 105 Å². The molecule has 8 heteroatoms. The number of likely N-dealkylation sites (tertiary alicyclic amines) is 1. The zero-order valence-corrected chi connectivity index (χ0v) is 24.1. The van der Waals surface area contributed by atoms with Gasteiger partial charge in [-0.1, -0.05) is 51.8 Å². The highest BCUT2D eigenvalue weighted by Crippen LogP contribution is 2.41. The highest BCUT2D eigenvalue weighted by Gasteiger charge is 2.42. The van der Waals surface area contributed by atoms with Crippen molar-refractivity contribution in [2.24, 2.45) is 11.3 Å². The Labute approximate surface area is 237 Å². The fourth-order valence-electron chi connectivity index (χ4n) is 6.19. The number of fused-ring (bicyclic) bond motifs is 1. The molecule has 0 radical (unpaired) electrons. The first-order valence-electron chi connectivity index (χ1n) is 14.6. The molecule has 40 heavy (non-hydrogen) atoms. The van der Waals surface area contributed by atoms with Crippen LogP contribution < -0.4 is 10.6 Å². The van der Waals surface area contributed by atoms with Gasteiger partial charge in [0.15, 0.2) is 0 Å². The number of hydrazine groups is 1. The zero-order valence-electron chi connectivity index (χ0n) is 24.1. The van der Waals surface area contributed by atoms with Crippen LogP contribution in [0, 0.1) is 5.41 Å². The molecule has 1 aliphatic carbocycles. The normalized spacial score (nSPS) is 19.6. The van der Waals surface area contributed by atoms with E-state index in [9.17, 15) is 14.7 Å². The van der Waals surface area contributed by atoms with Gasteiger partial charge in [-0.3, -0.25) is 9.80 Å². The first-order valence-corrected chi connectivity index (χ1v) is 14.6. The standard InChI is InChI=1S/C32H43N3O5/c1-30(2,3)22-39-29(38)34-18-16-32(17-19-34)15-12-26-20-25(10-11-27(26)40-32)23-6-8-24(9-7-23)28(37)35(33)31(21-36)13-4-5-14-31/h6-11,20,36H,4-5,12-19,21-22,33H2,1-3H3. The molecule has 2 heterocycles. The number of aliphatic hydroxyl groups is 1. The number of ether oxygens (including phenoxy) is 2. The van der Waals surface area contributed by atoms with Crippen molar-refractivity contribution in [3.8, 4) is 16.9 Å². The Bertz CT molecular complexity index is 1220. The van der Waals surface area contributed by atoms with Crippen LogP contribution in [0.1, 0.15) is 81.6 Å². The molecule has 2 aliphatic heterocycles. The number of aryl methyl sites for hydroxylation is 1. The number of hydrogen-bond acceptors (Lipinski definition) is 6. The lowest BCUT2D eigenvalue weighted by molar-refractivity contribution is -0.0171. The van der Waals surface area contributed by atoms with Crippen LogP contribution in [0.15, 0.2) is 42.5 Å². The van der Waals surface area contributed by atoms with E-state index < -0.39 is 5.54 Å². The number of carbonyl (C=O) groups excluding carboxylic acids is 2. The van der Waals surface area contributed by atoms with Crippen molar-refractivity contribution in [2.45, 2.75) is 83.3 Å². The molecular weight excluding hydrogens is 506 g/mol. The predicted octanol–water partition coefficient (Wildman–Crippen LogP) is 5.32. The number of nitrogens with zero attached hydrogens (tertiary/aromatic N) is 2. The van der Waals surface area contributed by atoms with Gasteiger partial charge in [0, 0.05) is 31.5 Å². The van der Waals surface area contributed by atoms with Crippen LogP contribution in [0.4, 0.5) is 4.79 Å². The molecule has 3 N–H and O–H groups in total. The quantitative estimate of drug-likeness (QED) is 0.297. The van der Waals surface area contributed by atoms with Gasteiger partial charge in [0.2, 0.25) is 0 Å². The van der Waals surface area contributed by atoms with Crippen LogP contribution in [-0.2, 0) is 11.2 Å². The molecule has 2 amide bonds. The lowest BCUT2D eigenvalue weighted by Crippen LogP contribution is -2.56. The Kier molecular flexibility index (Phi) is 7.86. The Balaban J connectivity index is 1.21. The summed E-state index contributed by atoms with van der Waals surface area (Å²) in [6.07, 6.45) is 6.58. The molecule has 0 unspecified atom stereocenters. The maximum atomic E-state index is 13.1. The number of hydrogen-bond donors (Lipinski definition) is 2. The summed E-state index contributed by atoms with van der Waals surface area (Å²) in [4.78, 5) is 27.3. The molecule has 216 valence electrons. The van der Waals surface area contributed by atoms with Crippen molar-refractivity contribution in [3.05, 3.63) is 53.6 Å². The van der Waals surface area contributed by atoms with Crippen molar-refractivity contribution in [1.29, 1.82) is 0 Å². The van der Waals surface area contributed by atoms with Crippen LogP contribution in [0.3, 0.4) is 0 Å². The summed E-state index contributed by atoms with van der Waals surface area (Å²) >= 11 is 0. The van der Waals surface area contributed by atoms with Crippen molar-refractivity contribution in [2.75, 3.05) is 26.3 Å². The smallest absolute Gasteiger partial charge is 0.409 e. The molecule has 2 aromatic rings. The third-order valence-corrected chi connectivity index (χ3v) is 8.82. The highest BCUT2D eigenvalue weighted by atomic mass is 16.6. The summed E-state index contributed by atoms with van der Waals surface area (Å²) in [6, 6.07) is 13.8. The van der Waals surface area contributed by atoms with Gasteiger partial charge < -0.3 is 19.5 Å². The summed E-state index contributed by atoms with van der Waals surface area (Å²) in [7, 11) is 0. The van der Waals surface area contributed by atoms with Crippen LogP contribution >= 0.6 is 0 Å². The van der Waals surface area contributed by atoms with E-state index in [1.807, 2.05) is 30.3 Å². The summed E-state index contributed by atoms with van der Waals surface area (Å²) in [6.45, 7) is 7.74. The summed E-state index contributed by atoms with van der Waals surface area (Å²) in [5, 5.41) is 11.2. The number of benzene rings is 2. The number of piperidine rings is 1. The number of aliphatic hydroxyl groups excluding tert-OH is 1. The molecule has 5 rings (SSSR count). The van der Waals surface area contributed by atoms with Gasteiger partial charge in [-0.25, -0.2) is 10.6 Å². The SMILES string of the molecule is CC(C)(C)COC(=O)N1CCC2(CCc3cc(-c4ccc(C(=O)N(N)C5(CO)CCCC5)cc4)ccc3O2)CC1. The van der Waals surface area contributed by atoms with E-state index in [2.05, 4.69) is 32.9 Å². The molecule has 0 aromatic heterocycles. The van der Waals surface area contributed by atoms with Gasteiger partial charge in [0.05, 0.1) is 18.8 Å². The van der Waals surface area contributed by atoms with Gasteiger partial charge in [-0.05, 0) is 72.1 Å². The Morgan fingerprint density at radius 3 is 2.27 bits per heavy atom. The van der Waals surface area contributed by atoms with E-state index >= 15 is 0 Å². The maximum Gasteiger partial charge on any atom is 0.409 e. The average molecular weight is 550 g/mol. The molecule has 1 saturated carbocycles. The summed E-state index contributed by atoms with van der Waals surface area (Å²) in [5.74, 6) is 6.87. The number of carbonyl (C=O) groups is 2. The molecule has 2 fully saturated rings. The summed E-state index contributed by atoms with van der Waals surface area (Å²) in [5.41, 5.74) is 2.83. The lowest BCUT2D eigenvalue weighted by Gasteiger charge is -2.44. The van der Waals surface area contributed by atoms with Crippen molar-refractivity contribution in [3.63, 3.8) is 0 Å². The van der Waals surface area contributed by atoms with Crippen LogP contribution in [-0.4, -0.2) is 64.5 Å². The predicted molar refractivity (Wildman–Crippen MR) is 154 cm³/mol. The Hall–Kier alpha value is -3.10. The number of rotatable bonds is 5. The first kappa shape index (κ1) is 28.4. The summed E-state index contributed by atoms with van der Waals surface area (Å²) < 4.78 is 12.1. The van der Waals surface area contributed by atoms with Crippen LogP contribution in [0.5, 0.6) is 5.75 Å². The molecule has 2 aromatic carbocycles. The van der Waals surface area contributed by atoms with E-state index in [0.29, 0.717) is 25.3 Å². The van der Waals surface area contributed by atoms with E-state index in [1.165, 1.54) is 10.6 Å². The van der Waals surface area contributed by atoms with Crippen molar-refractivity contribution < 1.29 is 24.2 Å². The molecule has 3 aliphatic rings. The average Bonchev–Trinajstić information content (AvgIpc) is 3.45. The monoisotopic (exact) mass is 549 g/mol. The van der Waals surface area contributed by atoms with E-state index in [4.69, 9.17) is 15.3 Å². The van der Waals surface area contributed by atoms with Gasteiger partial charge in [0.25, 0.3) is 5.91 Å². The second-order valence-electron chi connectivity index (χ2n) is 13.1. The zero-order chi connectivity index (χ0) is 28.5. The fourth-order valence-corrected chi connectivity index (χ4v) is 6.19. The Morgan fingerprint density at radius 2 is 1.65 bits per heavy atom. The Morgan fingerprint density at radius 1 is 1.00 bits per heavy atom. The van der Waals surface area contributed by atoms with Crippen molar-refractivity contribution >= 4 is 12.0 Å². The molecule has 8 nitrogen and oxygen atoms in total. The van der Waals surface area contributed by atoms with Crippen LogP contribution in [0.25, 0.3) is 11.1 Å². The van der Waals surface area contributed by atoms with Gasteiger partial charge in [-0.2, -0.15) is 0 Å². The molecule has 0 bridgehead atoms. The fraction of sp³-hybridized carbons (Fsp3) is 0.562. The first-order chi connectivity index (χ1) is 19.0. The van der Waals surface area contributed by atoms with E-state index in [1.54, 1.807) is 4.90 Å². The number of nitrogens with two attached hydrogens (primary N) is 1. The van der Waals surface area contributed by atoms with Gasteiger partial charge in [-0.15, -0.1) is 0 Å². The molecule has 1 spiro atoms. The van der Waals surface area contributed by atoms with Crippen LogP contribution in [0.2, 0.25) is 0 Å². The number of amides is 2. The lowest BCUT2D eigenvalue weighted by atomic mass is 9.82. The third kappa shape index (κ3) is 5.84. The largest absolute Gasteiger partial charge is 0.487 e. The minimum atomic E-state index is -0.655. The molecular formula is C32H43N3O5. The molecule has 0 atom stereocenters. The minimum Gasteiger partial charge on any atom is -0.487 e. The maximum absolute atomic E-state index is 13.1. The van der Waals surface area contributed by atoms with E-state index in [0.717, 1.165) is 68.2 Å². The second kappa shape index (κ2) is 11.1. The van der Waals surface area contributed by atoms with Gasteiger partial charge >= 0.3 is 6.09 Å². The third-order valence-electron chi connectivity index (χ3n) is 8.82. The second-order valence-corrected chi connectivity index (χ2v) is 13.1. The van der Waals surface area contributed by atoms with Crippen molar-refractivity contribution in [1.82, 2.24) is 9.91 Å². The molecule has 1 saturated heterocycles. The minimum absolute atomic E-state index is 0.0500.